The molecule has 7 atom stereocenters. The van der Waals surface area contributed by atoms with Gasteiger partial charge in [-0.1, -0.05) is 0 Å². The van der Waals surface area contributed by atoms with E-state index in [0.29, 0.717) is 5.56 Å². The van der Waals surface area contributed by atoms with Gasteiger partial charge in [-0.25, -0.2) is 22.8 Å². The highest BCUT2D eigenvalue weighted by Crippen LogP contribution is 2.40. The highest BCUT2D eigenvalue weighted by Gasteiger charge is 2.46. The van der Waals surface area contributed by atoms with E-state index in [1.54, 1.807) is 0 Å². The molecule has 3 heterocycles. The van der Waals surface area contributed by atoms with Crippen LogP contribution in [0.3, 0.4) is 0 Å². The van der Waals surface area contributed by atoms with Gasteiger partial charge in [0.05, 0.1) is 19.1 Å². The van der Waals surface area contributed by atoms with Crippen LogP contribution in [0.15, 0.2) is 35.6 Å². The number of hydrogen-bond donors (Lipinski definition) is 8. The first kappa shape index (κ1) is 31.8. The van der Waals surface area contributed by atoms with E-state index in [1.807, 2.05) is 0 Å². The Kier molecular flexibility index (Phi) is 9.06. The lowest BCUT2D eigenvalue weighted by Gasteiger charge is -2.40. The fourth-order valence-corrected chi connectivity index (χ4v) is 5.02. The van der Waals surface area contributed by atoms with Crippen molar-refractivity contribution in [3.63, 3.8) is 0 Å². The molecule has 1 saturated heterocycles. The third-order valence-electron chi connectivity index (χ3n) is 6.84. The maximum atomic E-state index is 12.0. The van der Waals surface area contributed by atoms with Crippen molar-refractivity contribution >= 4 is 40.2 Å². The van der Waals surface area contributed by atoms with E-state index in [9.17, 15) is 63.1 Å². The first-order chi connectivity index (χ1) is 20.1. The van der Waals surface area contributed by atoms with Crippen LogP contribution in [0.4, 0.5) is 5.69 Å². The van der Waals surface area contributed by atoms with Crippen LogP contribution in [0.2, 0.25) is 0 Å². The van der Waals surface area contributed by atoms with E-state index < -0.39 is 83.5 Å². The maximum Gasteiger partial charge on any atom is 0.373 e. The van der Waals surface area contributed by atoms with Crippen molar-refractivity contribution in [2.75, 3.05) is 6.61 Å². The van der Waals surface area contributed by atoms with E-state index in [4.69, 9.17) is 9.47 Å². The van der Waals surface area contributed by atoms with Gasteiger partial charge in [0, 0.05) is 18.1 Å². The number of fused-ring (bicyclic) bond motifs is 1. The molecule has 1 aromatic carbocycles. The van der Waals surface area contributed by atoms with E-state index in [1.165, 1.54) is 29.0 Å². The third-order valence-corrected chi connectivity index (χ3v) is 7.26. The predicted octanol–water partition coefficient (Wildman–Crippen LogP) is -2.88. The molecular weight excluding hydrogens is 604 g/mol. The van der Waals surface area contributed by atoms with Gasteiger partial charge in [-0.2, -0.15) is 4.58 Å². The van der Waals surface area contributed by atoms with Crippen LogP contribution in [0.25, 0.3) is 0 Å². The number of carbonyl (C=O) groups is 3. The van der Waals surface area contributed by atoms with Crippen molar-refractivity contribution in [1.82, 2.24) is 5.32 Å². The topological polar surface area (TPSA) is 293 Å². The lowest BCUT2D eigenvalue weighted by molar-refractivity contribution is -0.456. The summed E-state index contributed by atoms with van der Waals surface area (Å²) in [6, 6.07) is -0.121. The van der Waals surface area contributed by atoms with Crippen molar-refractivity contribution in [3.8, 4) is 11.5 Å². The number of aliphatic hydroxyl groups excluding tert-OH is 3. The largest absolute Gasteiger partial charge is 0.726 e. The van der Waals surface area contributed by atoms with Gasteiger partial charge in [-0.3, -0.25) is 4.18 Å². The Balaban J connectivity index is 1.63. The highest BCUT2D eigenvalue weighted by atomic mass is 32.3. The quantitative estimate of drug-likeness (QED) is 0.0772. The van der Waals surface area contributed by atoms with Gasteiger partial charge in [0.2, 0.25) is 22.4 Å². The Morgan fingerprint density at radius 1 is 1.07 bits per heavy atom. The average Bonchev–Trinajstić information content (AvgIpc) is 3.28. The first-order valence-electron chi connectivity index (χ1n) is 12.4. The van der Waals surface area contributed by atoms with E-state index in [2.05, 4.69) is 9.50 Å². The predicted molar refractivity (Wildman–Crippen MR) is 135 cm³/mol. The van der Waals surface area contributed by atoms with Crippen molar-refractivity contribution in [2.24, 2.45) is 0 Å². The third kappa shape index (κ3) is 7.10. The van der Waals surface area contributed by atoms with Crippen molar-refractivity contribution in [1.29, 1.82) is 0 Å². The number of hydrogen-bond acceptors (Lipinski definition) is 14. The summed E-state index contributed by atoms with van der Waals surface area (Å²) in [6.07, 6.45) is -5.63. The average molecular weight is 631 g/mol. The van der Waals surface area contributed by atoms with Crippen LogP contribution in [-0.2, 0) is 40.1 Å². The number of nitrogens with one attached hydrogen (secondary N) is 1. The lowest BCUT2D eigenvalue weighted by atomic mass is 9.99. The molecule has 3 aliphatic rings. The van der Waals surface area contributed by atoms with Gasteiger partial charge >= 0.3 is 17.9 Å². The zero-order chi connectivity index (χ0) is 31.8. The fourth-order valence-electron chi connectivity index (χ4n) is 4.71. The zero-order valence-corrected chi connectivity index (χ0v) is 22.5. The first-order valence-corrected chi connectivity index (χ1v) is 13.7. The summed E-state index contributed by atoms with van der Waals surface area (Å²) in [4.78, 5) is 34.9. The summed E-state index contributed by atoms with van der Waals surface area (Å²) >= 11 is 0. The molecule has 3 aliphatic heterocycles. The number of rotatable bonds is 9. The number of aliphatic hydroxyl groups is 3. The van der Waals surface area contributed by atoms with Crippen molar-refractivity contribution < 1.29 is 81.3 Å². The van der Waals surface area contributed by atoms with Gasteiger partial charge in [-0.15, -0.1) is 0 Å². The van der Waals surface area contributed by atoms with Crippen molar-refractivity contribution in [3.05, 3.63) is 41.1 Å². The summed E-state index contributed by atoms with van der Waals surface area (Å²) in [5.74, 6) is -4.92. The van der Waals surface area contributed by atoms with Crippen LogP contribution < -0.4 is 10.1 Å². The van der Waals surface area contributed by atoms with Gasteiger partial charge < -0.3 is 55.1 Å². The number of phenolic OH excluding ortho intramolecular Hbond substituents is 1. The second-order valence-electron chi connectivity index (χ2n) is 9.73. The SMILES string of the molecule is O=C(O)C1=CC(=CC=[N+]2c3cc(O)c(O[C@@H]4O[C@H](COS(=O)(=O)[O-])[C@@H](O)[C@H](O)[C@H]4O)cc3C[C@H]2C(=O)O)C[C@H](C(=O)O)N1. The Hall–Kier alpha value is -4.11. The second kappa shape index (κ2) is 12.2. The Morgan fingerprint density at radius 3 is 2.37 bits per heavy atom. The van der Waals surface area contributed by atoms with Crippen LogP contribution >= 0.6 is 0 Å². The summed E-state index contributed by atoms with van der Waals surface area (Å²) in [5.41, 5.74) is 0.390. The molecule has 0 spiro atoms. The molecule has 19 heteroatoms. The minimum absolute atomic E-state index is 0.115. The molecule has 0 aromatic heterocycles. The standard InChI is InChI=1S/C24H26N2O16S/c27-15-7-13-10(6-16(15)41-24-20(30)19(29)18(28)17(42-24)8-40-43(37,38)39)5-14(23(35)36)26(13)2-1-9-3-11(21(31)32)25-12(4-9)22(33)34/h1-3,6-7,12,14,17-20,24,28-30H,4-5,8H2,(H5,27,31,32,33,34,35,36,37,38,39)/t12-,14+,17-,18-,19+,20-,24-/m1/s1. The van der Waals surface area contributed by atoms with Crippen LogP contribution in [0.1, 0.15) is 12.0 Å². The normalized spacial score (nSPS) is 30.8. The van der Waals surface area contributed by atoms with Crippen LogP contribution in [0, 0.1) is 0 Å². The summed E-state index contributed by atoms with van der Waals surface area (Å²) < 4.78 is 48.4. The number of allylic oxidation sites excluding steroid dienone is 2. The summed E-state index contributed by atoms with van der Waals surface area (Å²) in [6.45, 7) is -1.03. The Labute approximate surface area is 241 Å². The number of ether oxygens (including phenoxy) is 2. The zero-order valence-electron chi connectivity index (χ0n) is 21.7. The minimum Gasteiger partial charge on any atom is -0.726 e. The van der Waals surface area contributed by atoms with Gasteiger partial charge in [0.15, 0.2) is 17.7 Å². The van der Waals surface area contributed by atoms with Crippen LogP contribution in [0.5, 0.6) is 11.5 Å². The molecule has 18 nitrogen and oxygen atoms in total. The molecule has 1 fully saturated rings. The Bertz CT molecular complexity index is 1520. The number of aliphatic carboxylic acids is 3. The molecule has 1 aromatic rings. The number of benzene rings is 1. The second-order valence-corrected chi connectivity index (χ2v) is 10.8. The molecule has 4 rings (SSSR count). The molecular formula is C24H26N2O16S. The minimum atomic E-state index is -5.19. The molecule has 0 amide bonds. The smallest absolute Gasteiger partial charge is 0.373 e. The highest BCUT2D eigenvalue weighted by molar-refractivity contribution is 7.80. The number of aromatic hydroxyl groups is 1. The monoisotopic (exact) mass is 630 g/mol. The summed E-state index contributed by atoms with van der Waals surface area (Å²) in [5, 5.41) is 72.0. The van der Waals surface area contributed by atoms with Gasteiger partial charge in [-0.05, 0) is 17.7 Å². The van der Waals surface area contributed by atoms with Crippen LogP contribution in [-0.4, -0.2) is 127 Å². The number of carboxylic acids is 3. The molecule has 0 aliphatic carbocycles. The van der Waals surface area contributed by atoms with E-state index in [0.717, 1.165) is 6.07 Å². The maximum absolute atomic E-state index is 12.0. The molecule has 0 saturated carbocycles. The number of phenols is 1. The summed E-state index contributed by atoms with van der Waals surface area (Å²) in [7, 11) is -5.19. The van der Waals surface area contributed by atoms with Gasteiger partial charge in [0.25, 0.3) is 6.04 Å². The number of carboxylic acid groups (broad SMARTS) is 3. The Morgan fingerprint density at radius 2 is 1.77 bits per heavy atom. The lowest BCUT2D eigenvalue weighted by Crippen LogP contribution is -2.60. The fraction of sp³-hybridized carbons (Fsp3) is 0.417. The molecule has 0 unspecified atom stereocenters. The molecule has 234 valence electrons. The molecule has 8 N–H and O–H groups in total. The van der Waals surface area contributed by atoms with Gasteiger partial charge in [0.1, 0.15) is 36.2 Å². The molecule has 43 heavy (non-hydrogen) atoms. The van der Waals surface area contributed by atoms with E-state index >= 15 is 0 Å². The molecule has 0 bridgehead atoms. The molecule has 0 radical (unpaired) electrons. The number of nitrogens with zero attached hydrogens (tertiary/aromatic N) is 1. The van der Waals surface area contributed by atoms with E-state index in [-0.39, 0.29) is 35.5 Å². The van der Waals surface area contributed by atoms with Crippen molar-refractivity contribution in [2.45, 2.75) is 55.6 Å².